The third kappa shape index (κ3) is 2.74. The number of fused-ring (bicyclic) bond motifs is 1. The second kappa shape index (κ2) is 5.55. The Kier molecular flexibility index (Phi) is 3.97. The highest BCUT2D eigenvalue weighted by Gasteiger charge is 2.30. The third-order valence-electron chi connectivity index (χ3n) is 4.68. The second-order valence-electron chi connectivity index (χ2n) is 6.10. The first-order valence-electron chi connectivity index (χ1n) is 7.48. The van der Waals surface area contributed by atoms with Gasteiger partial charge in [0, 0.05) is 22.6 Å². The Bertz CT molecular complexity index is 450. The third-order valence-corrected chi connectivity index (χ3v) is 5.17. The van der Waals surface area contributed by atoms with Crippen molar-refractivity contribution in [1.82, 2.24) is 10.4 Å². The van der Waals surface area contributed by atoms with Crippen LogP contribution >= 0.6 is 15.9 Å². The number of piperidine rings is 1. The Hall–Kier alpha value is -0.380. The van der Waals surface area contributed by atoms with Crippen molar-refractivity contribution in [3.05, 3.63) is 33.8 Å². The molecule has 1 saturated heterocycles. The van der Waals surface area contributed by atoms with Crippen molar-refractivity contribution in [2.45, 2.75) is 64.1 Å². The number of aryl methyl sites for hydroxylation is 1. The van der Waals surface area contributed by atoms with E-state index < -0.39 is 0 Å². The van der Waals surface area contributed by atoms with Gasteiger partial charge >= 0.3 is 0 Å². The van der Waals surface area contributed by atoms with E-state index in [-0.39, 0.29) is 0 Å². The first-order chi connectivity index (χ1) is 9.15. The van der Waals surface area contributed by atoms with Gasteiger partial charge in [0.15, 0.2) is 0 Å². The smallest absolute Gasteiger partial charge is 0.0470 e. The highest BCUT2D eigenvalue weighted by molar-refractivity contribution is 9.10. The number of hydrogen-bond donors (Lipinski definition) is 1. The molecule has 3 rings (SSSR count). The summed E-state index contributed by atoms with van der Waals surface area (Å²) in [5.74, 6) is 0. The molecule has 2 nitrogen and oxygen atoms in total. The summed E-state index contributed by atoms with van der Waals surface area (Å²) >= 11 is 3.57. The van der Waals surface area contributed by atoms with Gasteiger partial charge in [-0.2, -0.15) is 0 Å². The summed E-state index contributed by atoms with van der Waals surface area (Å²) in [5, 5.41) is 2.51. The fourth-order valence-corrected chi connectivity index (χ4v) is 3.98. The van der Waals surface area contributed by atoms with Crippen LogP contribution in [0, 0.1) is 0 Å². The van der Waals surface area contributed by atoms with Gasteiger partial charge in [0.05, 0.1) is 0 Å². The van der Waals surface area contributed by atoms with Crippen LogP contribution in [0.2, 0.25) is 0 Å². The summed E-state index contributed by atoms with van der Waals surface area (Å²) in [7, 11) is 0. The second-order valence-corrected chi connectivity index (χ2v) is 7.02. The van der Waals surface area contributed by atoms with Crippen LogP contribution in [-0.4, -0.2) is 17.1 Å². The summed E-state index contributed by atoms with van der Waals surface area (Å²) in [6, 6.07) is 8.54. The zero-order valence-corrected chi connectivity index (χ0v) is 13.4. The van der Waals surface area contributed by atoms with Gasteiger partial charge in [-0.25, -0.2) is 10.4 Å². The molecule has 104 valence electrons. The number of hydrazine groups is 1. The number of hydrogen-bond acceptors (Lipinski definition) is 2. The molecule has 1 aromatic carbocycles. The molecule has 1 aliphatic carbocycles. The first-order valence-corrected chi connectivity index (χ1v) is 8.27. The molecule has 1 N–H and O–H groups in total. The van der Waals surface area contributed by atoms with E-state index in [0.717, 1.165) is 0 Å². The van der Waals surface area contributed by atoms with Gasteiger partial charge in [0.2, 0.25) is 0 Å². The molecular weight excluding hydrogens is 300 g/mol. The molecule has 0 spiro atoms. The zero-order valence-electron chi connectivity index (χ0n) is 11.8. The van der Waals surface area contributed by atoms with Crippen LogP contribution < -0.4 is 5.43 Å². The van der Waals surface area contributed by atoms with Crippen LogP contribution in [0.25, 0.3) is 0 Å². The maximum atomic E-state index is 3.81. The summed E-state index contributed by atoms with van der Waals surface area (Å²) in [6.45, 7) is 4.69. The van der Waals surface area contributed by atoms with Crippen molar-refractivity contribution in [2.75, 3.05) is 0 Å². The molecule has 1 fully saturated rings. The van der Waals surface area contributed by atoms with E-state index >= 15 is 0 Å². The lowest BCUT2D eigenvalue weighted by Gasteiger charge is -2.41. The van der Waals surface area contributed by atoms with Crippen LogP contribution in [0.15, 0.2) is 22.7 Å². The Labute approximate surface area is 124 Å². The molecule has 1 aliphatic heterocycles. The number of benzene rings is 1. The molecule has 1 aromatic rings. The molecule has 3 heteroatoms. The molecule has 0 aromatic heterocycles. The van der Waals surface area contributed by atoms with Crippen LogP contribution in [-0.2, 0) is 6.42 Å². The quantitative estimate of drug-likeness (QED) is 0.877. The van der Waals surface area contributed by atoms with Crippen molar-refractivity contribution >= 4 is 15.9 Å². The van der Waals surface area contributed by atoms with Gasteiger partial charge in [-0.05, 0) is 62.8 Å². The normalized spacial score (nSPS) is 31.4. The minimum absolute atomic E-state index is 0.506. The van der Waals surface area contributed by atoms with Crippen LogP contribution in [0.1, 0.15) is 56.7 Å². The Morgan fingerprint density at radius 3 is 2.63 bits per heavy atom. The fourth-order valence-electron chi connectivity index (χ4n) is 3.58. The van der Waals surface area contributed by atoms with Crippen molar-refractivity contribution < 1.29 is 0 Å². The summed E-state index contributed by atoms with van der Waals surface area (Å²) in [4.78, 5) is 0. The van der Waals surface area contributed by atoms with E-state index in [1.807, 2.05) is 0 Å². The Morgan fingerprint density at radius 2 is 1.89 bits per heavy atom. The standard InChI is InChI=1S/C16H23BrN2/c1-11-4-3-5-12(2)19(11)18-16-9-6-13-10-14(17)7-8-15(13)16/h7-8,10-12,16,18H,3-6,9H2,1-2H3. The van der Waals surface area contributed by atoms with Crippen LogP contribution in [0.4, 0.5) is 0 Å². The van der Waals surface area contributed by atoms with Gasteiger partial charge in [-0.3, -0.25) is 0 Å². The molecule has 0 radical (unpaired) electrons. The summed E-state index contributed by atoms with van der Waals surface area (Å²) in [5.41, 5.74) is 6.81. The molecule has 3 atom stereocenters. The highest BCUT2D eigenvalue weighted by atomic mass is 79.9. The number of nitrogens with zero attached hydrogens (tertiary/aromatic N) is 1. The minimum atomic E-state index is 0.506. The topological polar surface area (TPSA) is 15.3 Å². The average Bonchev–Trinajstić information content (AvgIpc) is 2.76. The van der Waals surface area contributed by atoms with Crippen molar-refractivity contribution in [1.29, 1.82) is 0 Å². The number of rotatable bonds is 2. The number of nitrogens with one attached hydrogen (secondary N) is 1. The van der Waals surface area contributed by atoms with Crippen molar-refractivity contribution in [3.63, 3.8) is 0 Å². The van der Waals surface area contributed by atoms with Gasteiger partial charge < -0.3 is 0 Å². The molecule has 19 heavy (non-hydrogen) atoms. The highest BCUT2D eigenvalue weighted by Crippen LogP contribution is 2.34. The van der Waals surface area contributed by atoms with Crippen molar-refractivity contribution in [3.8, 4) is 0 Å². The van der Waals surface area contributed by atoms with E-state index in [1.165, 1.54) is 47.7 Å². The predicted molar refractivity (Wildman–Crippen MR) is 83.0 cm³/mol. The van der Waals surface area contributed by atoms with E-state index in [2.05, 4.69) is 58.4 Å². The monoisotopic (exact) mass is 322 g/mol. The van der Waals surface area contributed by atoms with Gasteiger partial charge in [-0.15, -0.1) is 0 Å². The summed E-state index contributed by atoms with van der Waals surface area (Å²) < 4.78 is 1.20. The van der Waals surface area contributed by atoms with Gasteiger partial charge in [0.25, 0.3) is 0 Å². The van der Waals surface area contributed by atoms with Crippen LogP contribution in [0.5, 0.6) is 0 Å². The molecule has 2 aliphatic rings. The van der Waals surface area contributed by atoms with E-state index in [9.17, 15) is 0 Å². The fraction of sp³-hybridized carbons (Fsp3) is 0.625. The summed E-state index contributed by atoms with van der Waals surface area (Å²) in [6.07, 6.45) is 6.42. The SMILES string of the molecule is CC1CCCC(C)N1NC1CCc2cc(Br)ccc21. The van der Waals surface area contributed by atoms with Gasteiger partial charge in [0.1, 0.15) is 0 Å². The zero-order chi connectivity index (χ0) is 13.4. The Balaban J connectivity index is 1.75. The maximum absolute atomic E-state index is 3.81. The van der Waals surface area contributed by atoms with E-state index in [0.29, 0.717) is 18.1 Å². The maximum Gasteiger partial charge on any atom is 0.0470 e. The minimum Gasteiger partial charge on any atom is -0.247 e. The molecule has 3 unspecified atom stereocenters. The molecule has 1 heterocycles. The van der Waals surface area contributed by atoms with E-state index in [1.54, 1.807) is 0 Å². The molecule has 0 saturated carbocycles. The lowest BCUT2D eigenvalue weighted by Crippen LogP contribution is -2.52. The molecule has 0 bridgehead atoms. The van der Waals surface area contributed by atoms with Crippen molar-refractivity contribution in [2.24, 2.45) is 0 Å². The first kappa shape index (κ1) is 13.6. The van der Waals surface area contributed by atoms with Gasteiger partial charge in [-0.1, -0.05) is 28.4 Å². The largest absolute Gasteiger partial charge is 0.247 e. The molecular formula is C16H23BrN2. The van der Waals surface area contributed by atoms with Crippen LogP contribution in [0.3, 0.4) is 0 Å². The Morgan fingerprint density at radius 1 is 1.16 bits per heavy atom. The van der Waals surface area contributed by atoms with E-state index in [4.69, 9.17) is 0 Å². The predicted octanol–water partition coefficient (Wildman–Crippen LogP) is 4.20. The number of halogens is 1. The average molecular weight is 323 g/mol. The molecule has 0 amide bonds. The lowest BCUT2D eigenvalue weighted by atomic mass is 9.99. The lowest BCUT2D eigenvalue weighted by molar-refractivity contribution is 0.0293.